The predicted octanol–water partition coefficient (Wildman–Crippen LogP) is 1.64. The van der Waals surface area contributed by atoms with Crippen molar-refractivity contribution >= 4 is 23.0 Å². The third-order valence-corrected chi connectivity index (χ3v) is 2.79. The van der Waals surface area contributed by atoms with Crippen molar-refractivity contribution in [1.29, 1.82) is 0 Å². The summed E-state index contributed by atoms with van der Waals surface area (Å²) in [4.78, 5) is 11.1. The molecule has 0 aromatic carbocycles. The third kappa shape index (κ3) is 1.35. The van der Waals surface area contributed by atoms with Crippen LogP contribution in [0.1, 0.15) is 16.6 Å². The van der Waals surface area contributed by atoms with Crippen LogP contribution >= 0.6 is 11.3 Å². The molecule has 70 valence electrons. The van der Waals surface area contributed by atoms with Crippen molar-refractivity contribution in [1.82, 2.24) is 0 Å². The van der Waals surface area contributed by atoms with Crippen LogP contribution in [-0.4, -0.2) is 23.7 Å². The van der Waals surface area contributed by atoms with Crippen molar-refractivity contribution in [3.05, 3.63) is 10.3 Å². The van der Waals surface area contributed by atoms with Crippen molar-refractivity contribution in [2.75, 3.05) is 11.9 Å². The number of hydrogen-bond donors (Lipinski definition) is 2. The number of nitrogens with one attached hydrogen (secondary N) is 1. The van der Waals surface area contributed by atoms with Crippen molar-refractivity contribution in [2.45, 2.75) is 13.0 Å². The highest BCUT2D eigenvalue weighted by Gasteiger charge is 2.23. The smallest absolute Gasteiger partial charge is 0.348 e. The Morgan fingerprint density at radius 2 is 2.62 bits per heavy atom. The minimum absolute atomic E-state index is 0.101. The second kappa shape index (κ2) is 2.92. The fourth-order valence-corrected chi connectivity index (χ4v) is 2.05. The molecule has 0 bridgehead atoms. The summed E-state index contributed by atoms with van der Waals surface area (Å²) in [6.07, 6.45) is 0.101. The Morgan fingerprint density at radius 3 is 3.31 bits per heavy atom. The van der Waals surface area contributed by atoms with Gasteiger partial charge in [0.25, 0.3) is 0 Å². The van der Waals surface area contributed by atoms with Gasteiger partial charge in [-0.3, -0.25) is 0 Å². The molecule has 2 heterocycles. The molecule has 2 N–H and O–H groups in total. The van der Waals surface area contributed by atoms with Crippen molar-refractivity contribution in [2.24, 2.45) is 0 Å². The Balaban J connectivity index is 2.39. The second-order valence-electron chi connectivity index (χ2n) is 2.92. The van der Waals surface area contributed by atoms with E-state index in [1.54, 1.807) is 5.38 Å². The molecule has 1 aliphatic rings. The number of ether oxygens (including phenoxy) is 1. The summed E-state index contributed by atoms with van der Waals surface area (Å²) in [6, 6.07) is 0. The average molecular weight is 199 g/mol. The van der Waals surface area contributed by atoms with E-state index in [0.29, 0.717) is 22.9 Å². The van der Waals surface area contributed by atoms with Crippen molar-refractivity contribution < 1.29 is 14.6 Å². The van der Waals surface area contributed by atoms with Gasteiger partial charge >= 0.3 is 5.97 Å². The number of carbonyl (C=O) groups is 1. The van der Waals surface area contributed by atoms with Crippen LogP contribution in [0.3, 0.4) is 0 Å². The molecule has 0 amide bonds. The number of rotatable bonds is 1. The zero-order chi connectivity index (χ0) is 9.42. The Kier molecular flexibility index (Phi) is 1.88. The molecule has 1 aromatic rings. The van der Waals surface area contributed by atoms with Crippen LogP contribution in [0, 0.1) is 0 Å². The summed E-state index contributed by atoms with van der Waals surface area (Å²) in [6.45, 7) is 2.60. The fourth-order valence-electron chi connectivity index (χ4n) is 1.26. The number of fused-ring (bicyclic) bond motifs is 1. The molecule has 0 aliphatic carbocycles. The number of hydrogen-bond acceptors (Lipinski definition) is 4. The maximum absolute atomic E-state index is 10.7. The van der Waals surface area contributed by atoms with Gasteiger partial charge in [-0.2, -0.15) is 0 Å². The summed E-state index contributed by atoms with van der Waals surface area (Å²) >= 11 is 1.19. The number of carboxylic acid groups (broad SMARTS) is 1. The SMILES string of the molecule is CC1CNc2c(csc2C(=O)O)O1. The van der Waals surface area contributed by atoms with Crippen LogP contribution in [0.4, 0.5) is 5.69 Å². The van der Waals surface area contributed by atoms with Gasteiger partial charge in [0, 0.05) is 5.38 Å². The Labute approximate surface area is 79.1 Å². The molecule has 1 aliphatic heterocycles. The van der Waals surface area contributed by atoms with Crippen LogP contribution in [0.5, 0.6) is 5.75 Å². The predicted molar refractivity (Wildman–Crippen MR) is 49.9 cm³/mol. The van der Waals surface area contributed by atoms with E-state index in [-0.39, 0.29) is 6.10 Å². The van der Waals surface area contributed by atoms with Gasteiger partial charge in [0.2, 0.25) is 0 Å². The minimum atomic E-state index is -0.906. The fraction of sp³-hybridized carbons (Fsp3) is 0.375. The van der Waals surface area contributed by atoms with E-state index in [4.69, 9.17) is 9.84 Å². The molecular formula is C8H9NO3S. The van der Waals surface area contributed by atoms with Gasteiger partial charge in [0.05, 0.1) is 6.54 Å². The van der Waals surface area contributed by atoms with E-state index in [9.17, 15) is 4.79 Å². The summed E-state index contributed by atoms with van der Waals surface area (Å²) in [5, 5.41) is 13.6. The van der Waals surface area contributed by atoms with Gasteiger partial charge in [-0.15, -0.1) is 11.3 Å². The quantitative estimate of drug-likeness (QED) is 0.721. The van der Waals surface area contributed by atoms with Gasteiger partial charge in [-0.1, -0.05) is 0 Å². The Bertz CT molecular complexity index is 347. The standard InChI is InChI=1S/C8H9NO3S/c1-4-2-9-6-5(12-4)3-13-7(6)8(10)11/h3-4,9H,2H2,1H3,(H,10,11). The molecule has 1 aromatic heterocycles. The Morgan fingerprint density at radius 1 is 1.85 bits per heavy atom. The normalized spacial score (nSPS) is 19.9. The summed E-state index contributed by atoms with van der Waals surface area (Å²) < 4.78 is 5.45. The number of anilines is 1. The zero-order valence-electron chi connectivity index (χ0n) is 7.03. The molecule has 0 saturated carbocycles. The summed E-state index contributed by atoms with van der Waals surface area (Å²) in [7, 11) is 0. The van der Waals surface area contributed by atoms with E-state index >= 15 is 0 Å². The average Bonchev–Trinajstić information content (AvgIpc) is 2.46. The first kappa shape index (κ1) is 8.37. The Hall–Kier alpha value is -1.23. The summed E-state index contributed by atoms with van der Waals surface area (Å²) in [5.41, 5.74) is 0.621. The van der Waals surface area contributed by atoms with Gasteiger partial charge < -0.3 is 15.2 Å². The largest absolute Gasteiger partial charge is 0.486 e. The molecule has 4 nitrogen and oxygen atoms in total. The van der Waals surface area contributed by atoms with Crippen LogP contribution in [0.15, 0.2) is 5.38 Å². The first-order valence-corrected chi connectivity index (χ1v) is 4.81. The van der Waals surface area contributed by atoms with Gasteiger partial charge in [-0.25, -0.2) is 4.79 Å². The highest BCUT2D eigenvalue weighted by Crippen LogP contribution is 2.37. The maximum atomic E-state index is 10.7. The van der Waals surface area contributed by atoms with E-state index in [2.05, 4.69) is 5.32 Å². The van der Waals surface area contributed by atoms with Crippen LogP contribution < -0.4 is 10.1 Å². The topological polar surface area (TPSA) is 58.6 Å². The molecule has 0 fully saturated rings. The molecule has 2 rings (SSSR count). The maximum Gasteiger partial charge on any atom is 0.348 e. The molecule has 1 atom stereocenters. The molecule has 0 radical (unpaired) electrons. The molecular weight excluding hydrogens is 190 g/mol. The highest BCUT2D eigenvalue weighted by molar-refractivity contribution is 7.13. The first-order chi connectivity index (χ1) is 6.18. The monoisotopic (exact) mass is 199 g/mol. The van der Waals surface area contributed by atoms with Crippen molar-refractivity contribution in [3.8, 4) is 5.75 Å². The number of thiophene rings is 1. The highest BCUT2D eigenvalue weighted by atomic mass is 32.1. The number of aromatic carboxylic acids is 1. The summed E-state index contributed by atoms with van der Waals surface area (Å²) in [5.74, 6) is -0.252. The molecule has 0 saturated heterocycles. The van der Waals surface area contributed by atoms with Gasteiger partial charge in [0.1, 0.15) is 16.7 Å². The lowest BCUT2D eigenvalue weighted by atomic mass is 10.3. The second-order valence-corrected chi connectivity index (χ2v) is 3.80. The molecule has 13 heavy (non-hydrogen) atoms. The zero-order valence-corrected chi connectivity index (χ0v) is 7.85. The molecule has 0 spiro atoms. The lowest BCUT2D eigenvalue weighted by Gasteiger charge is -2.22. The third-order valence-electron chi connectivity index (χ3n) is 1.85. The van der Waals surface area contributed by atoms with Crippen LogP contribution in [-0.2, 0) is 0 Å². The van der Waals surface area contributed by atoms with Crippen LogP contribution in [0.2, 0.25) is 0 Å². The van der Waals surface area contributed by atoms with Gasteiger partial charge in [0.15, 0.2) is 5.75 Å². The van der Waals surface area contributed by atoms with E-state index in [0.717, 1.165) is 0 Å². The van der Waals surface area contributed by atoms with E-state index < -0.39 is 5.97 Å². The minimum Gasteiger partial charge on any atom is -0.486 e. The van der Waals surface area contributed by atoms with Crippen LogP contribution in [0.25, 0.3) is 0 Å². The molecule has 5 heteroatoms. The number of carboxylic acids is 1. The van der Waals surface area contributed by atoms with E-state index in [1.807, 2.05) is 6.92 Å². The lowest BCUT2D eigenvalue weighted by molar-refractivity contribution is 0.0702. The van der Waals surface area contributed by atoms with Gasteiger partial charge in [-0.05, 0) is 6.92 Å². The van der Waals surface area contributed by atoms with Crippen molar-refractivity contribution in [3.63, 3.8) is 0 Å². The molecule has 1 unspecified atom stereocenters. The lowest BCUT2D eigenvalue weighted by Crippen LogP contribution is -2.27. The van der Waals surface area contributed by atoms with E-state index in [1.165, 1.54) is 11.3 Å². The first-order valence-electron chi connectivity index (χ1n) is 3.94.